The number of nitrogens with zero attached hydrogens (tertiary/aromatic N) is 1. The van der Waals surface area contributed by atoms with E-state index in [1.165, 1.54) is 19.3 Å². The van der Waals surface area contributed by atoms with Crippen molar-refractivity contribution in [2.24, 2.45) is 0 Å². The van der Waals surface area contributed by atoms with Crippen LogP contribution in [0, 0.1) is 0 Å². The first kappa shape index (κ1) is 14.8. The van der Waals surface area contributed by atoms with Crippen LogP contribution in [-0.2, 0) is 0 Å². The van der Waals surface area contributed by atoms with E-state index in [4.69, 9.17) is 10.5 Å². The third-order valence-electron chi connectivity index (χ3n) is 2.01. The number of unbranched alkanes of at least 4 members (excludes halogenated alkanes) is 3. The predicted octanol–water partition coefficient (Wildman–Crippen LogP) is 2.24. The number of pyridine rings is 1. The van der Waals surface area contributed by atoms with E-state index in [2.05, 4.69) is 11.9 Å². The number of nitrogen functional groups attached to an aromatic ring is 1. The topological polar surface area (TPSA) is 48.1 Å². The minimum absolute atomic E-state index is 0. The molecule has 0 fully saturated rings. The Balaban J connectivity index is 0.00000196. The molecule has 1 aromatic rings. The molecule has 0 bridgehead atoms. The fraction of sp³-hybridized carbons (Fsp3) is 0.545. The molecule has 1 rings (SSSR count). The van der Waals surface area contributed by atoms with Gasteiger partial charge in [0, 0.05) is 35.6 Å². The molecule has 0 amide bonds. The van der Waals surface area contributed by atoms with Crippen molar-refractivity contribution in [2.75, 3.05) is 12.3 Å². The number of nitrogens with two attached hydrogens (primary N) is 1. The van der Waals surface area contributed by atoms with Gasteiger partial charge in [-0.25, -0.2) is 4.98 Å². The molecule has 0 aliphatic heterocycles. The summed E-state index contributed by atoms with van der Waals surface area (Å²) in [5.41, 5.74) is 6.17. The zero-order chi connectivity index (χ0) is 10.2. The molecule has 3 nitrogen and oxygen atoms in total. The quantitative estimate of drug-likeness (QED) is 0.587. The van der Waals surface area contributed by atoms with Crippen LogP contribution in [0.1, 0.15) is 32.6 Å². The van der Waals surface area contributed by atoms with E-state index in [1.54, 1.807) is 18.3 Å². The van der Waals surface area contributed by atoms with Gasteiger partial charge in [0.25, 0.3) is 0 Å². The molecule has 2 N–H and O–H groups in total. The second-order valence-corrected chi connectivity index (χ2v) is 3.34. The number of hydrogen-bond acceptors (Lipinski definition) is 3. The Labute approximate surface area is 114 Å². The Bertz CT molecular complexity index is 251. The molecule has 0 atom stereocenters. The van der Waals surface area contributed by atoms with Gasteiger partial charge in [-0.2, -0.15) is 0 Å². The van der Waals surface area contributed by atoms with E-state index in [0.717, 1.165) is 13.0 Å². The molecular formula is C11H18N2NaO. The molecule has 4 heteroatoms. The van der Waals surface area contributed by atoms with E-state index in [0.29, 0.717) is 11.6 Å². The zero-order valence-electron chi connectivity index (χ0n) is 9.70. The molecule has 1 heterocycles. The number of hydrogen-bond donors (Lipinski definition) is 1. The molecule has 0 aromatic carbocycles. The van der Waals surface area contributed by atoms with Crippen LogP contribution in [-0.4, -0.2) is 41.1 Å². The van der Waals surface area contributed by atoms with Crippen LogP contribution >= 0.6 is 0 Å². The zero-order valence-corrected chi connectivity index (χ0v) is 11.7. The van der Waals surface area contributed by atoms with Crippen LogP contribution in [0.25, 0.3) is 0 Å². The minimum atomic E-state index is 0. The third-order valence-corrected chi connectivity index (χ3v) is 2.01. The van der Waals surface area contributed by atoms with Crippen molar-refractivity contribution in [3.05, 3.63) is 18.3 Å². The van der Waals surface area contributed by atoms with E-state index in [9.17, 15) is 0 Å². The number of ether oxygens (including phenoxy) is 1. The SMILES string of the molecule is CCCCCCOc1ccc(N)cn1.[Na]. The normalized spacial score (nSPS) is 9.40. The standard InChI is InChI=1S/C11H18N2O.Na/c1-2-3-4-5-8-14-11-7-6-10(12)9-13-11;/h6-7,9H,2-5,8,12H2,1H3;. The molecule has 1 aromatic heterocycles. The van der Waals surface area contributed by atoms with Crippen LogP contribution in [0.5, 0.6) is 5.88 Å². The maximum absolute atomic E-state index is 5.50. The summed E-state index contributed by atoms with van der Waals surface area (Å²) in [7, 11) is 0. The number of anilines is 1. The first-order valence-corrected chi connectivity index (χ1v) is 5.17. The third kappa shape index (κ3) is 6.77. The first-order valence-electron chi connectivity index (χ1n) is 5.17. The van der Waals surface area contributed by atoms with E-state index in [1.807, 2.05) is 0 Å². The van der Waals surface area contributed by atoms with Gasteiger partial charge in [0.15, 0.2) is 0 Å². The summed E-state index contributed by atoms with van der Waals surface area (Å²) < 4.78 is 5.44. The van der Waals surface area contributed by atoms with Gasteiger partial charge in [-0.3, -0.25) is 0 Å². The Morgan fingerprint density at radius 1 is 1.27 bits per heavy atom. The summed E-state index contributed by atoms with van der Waals surface area (Å²) in [5.74, 6) is 0.663. The first-order chi connectivity index (χ1) is 6.83. The van der Waals surface area contributed by atoms with Crippen molar-refractivity contribution in [3.8, 4) is 5.88 Å². The van der Waals surface area contributed by atoms with Crippen LogP contribution in [0.15, 0.2) is 18.3 Å². The largest absolute Gasteiger partial charge is 0.478 e. The molecule has 0 unspecified atom stereocenters. The maximum Gasteiger partial charge on any atom is 0.213 e. The van der Waals surface area contributed by atoms with Gasteiger partial charge in [0.2, 0.25) is 5.88 Å². The summed E-state index contributed by atoms with van der Waals surface area (Å²) >= 11 is 0. The average Bonchev–Trinajstić information content (AvgIpc) is 2.21. The second kappa shape index (κ2) is 9.01. The summed E-state index contributed by atoms with van der Waals surface area (Å²) in [6.07, 6.45) is 6.46. The fourth-order valence-corrected chi connectivity index (χ4v) is 1.18. The van der Waals surface area contributed by atoms with Crippen molar-refractivity contribution in [2.45, 2.75) is 32.6 Å². The Hall–Kier alpha value is -0.250. The maximum atomic E-state index is 5.50. The average molecular weight is 217 g/mol. The molecule has 0 spiro atoms. The number of aromatic nitrogens is 1. The van der Waals surface area contributed by atoms with Crippen LogP contribution < -0.4 is 10.5 Å². The van der Waals surface area contributed by atoms with Gasteiger partial charge in [0.1, 0.15) is 0 Å². The Kier molecular flexibility index (Phi) is 8.86. The molecular weight excluding hydrogens is 199 g/mol. The molecule has 79 valence electrons. The fourth-order valence-electron chi connectivity index (χ4n) is 1.18. The number of rotatable bonds is 6. The molecule has 0 aliphatic carbocycles. The van der Waals surface area contributed by atoms with Gasteiger partial charge in [-0.05, 0) is 12.5 Å². The van der Waals surface area contributed by atoms with Crippen molar-refractivity contribution in [1.82, 2.24) is 4.98 Å². The minimum Gasteiger partial charge on any atom is -0.478 e. The van der Waals surface area contributed by atoms with Crippen molar-refractivity contribution >= 4 is 35.2 Å². The summed E-state index contributed by atoms with van der Waals surface area (Å²) in [5, 5.41) is 0. The van der Waals surface area contributed by atoms with Crippen molar-refractivity contribution in [1.29, 1.82) is 0 Å². The molecule has 1 radical (unpaired) electrons. The second-order valence-electron chi connectivity index (χ2n) is 3.34. The van der Waals surface area contributed by atoms with Crippen LogP contribution in [0.2, 0.25) is 0 Å². The van der Waals surface area contributed by atoms with E-state index in [-0.39, 0.29) is 29.6 Å². The Morgan fingerprint density at radius 3 is 2.67 bits per heavy atom. The molecule has 0 saturated carbocycles. The van der Waals surface area contributed by atoms with E-state index < -0.39 is 0 Å². The van der Waals surface area contributed by atoms with Gasteiger partial charge in [-0.1, -0.05) is 26.2 Å². The van der Waals surface area contributed by atoms with Gasteiger partial charge < -0.3 is 10.5 Å². The molecule has 15 heavy (non-hydrogen) atoms. The smallest absolute Gasteiger partial charge is 0.213 e. The summed E-state index contributed by atoms with van der Waals surface area (Å²) in [4.78, 5) is 4.05. The predicted molar refractivity (Wildman–Crippen MR) is 64.0 cm³/mol. The molecule has 0 aliphatic rings. The van der Waals surface area contributed by atoms with Gasteiger partial charge in [-0.15, -0.1) is 0 Å². The van der Waals surface area contributed by atoms with Gasteiger partial charge in [0.05, 0.1) is 18.5 Å². The van der Waals surface area contributed by atoms with Crippen LogP contribution in [0.3, 0.4) is 0 Å². The van der Waals surface area contributed by atoms with Crippen LogP contribution in [0.4, 0.5) is 5.69 Å². The summed E-state index contributed by atoms with van der Waals surface area (Å²) in [6.45, 7) is 2.94. The van der Waals surface area contributed by atoms with Crippen molar-refractivity contribution in [3.63, 3.8) is 0 Å². The molecule has 0 saturated heterocycles. The van der Waals surface area contributed by atoms with Gasteiger partial charge >= 0.3 is 0 Å². The van der Waals surface area contributed by atoms with E-state index >= 15 is 0 Å². The monoisotopic (exact) mass is 217 g/mol. The van der Waals surface area contributed by atoms with Crippen molar-refractivity contribution < 1.29 is 4.74 Å². The Morgan fingerprint density at radius 2 is 2.07 bits per heavy atom. The summed E-state index contributed by atoms with van der Waals surface area (Å²) in [6, 6.07) is 3.60.